The molecule has 1 fully saturated rings. The first-order valence-electron chi connectivity index (χ1n) is 12.6. The standard InChI is InChI=1S/C30H29N3O4/c1-19-10-11-20(2)26(16-19)33-28(35)23-13-12-22(18-24(23)29(33)36)27(34)31-25(17-21-8-4-3-5-9-21)30(37)32-14-6-7-15-32/h3-5,8-13,16,18,25H,6-7,14-15,17H2,1-2H3,(H,31,34). The molecule has 2 heterocycles. The summed E-state index contributed by atoms with van der Waals surface area (Å²) in [6, 6.07) is 18.9. The van der Waals surface area contributed by atoms with E-state index in [1.807, 2.05) is 62.4 Å². The number of fused-ring (bicyclic) bond motifs is 1. The van der Waals surface area contributed by atoms with E-state index in [0.717, 1.165) is 29.5 Å². The number of aryl methyl sites for hydroxylation is 2. The van der Waals surface area contributed by atoms with Crippen LogP contribution in [0.5, 0.6) is 0 Å². The zero-order valence-corrected chi connectivity index (χ0v) is 21.0. The number of anilines is 1. The van der Waals surface area contributed by atoms with Gasteiger partial charge in [-0.05, 0) is 67.6 Å². The van der Waals surface area contributed by atoms with Gasteiger partial charge in [0.1, 0.15) is 6.04 Å². The van der Waals surface area contributed by atoms with Gasteiger partial charge < -0.3 is 10.2 Å². The van der Waals surface area contributed by atoms with Crippen LogP contribution in [0.2, 0.25) is 0 Å². The molecular formula is C30H29N3O4. The number of rotatable bonds is 6. The lowest BCUT2D eigenvalue weighted by molar-refractivity contribution is -0.132. The minimum atomic E-state index is -0.731. The Kier molecular flexibility index (Phi) is 6.61. The summed E-state index contributed by atoms with van der Waals surface area (Å²) in [6.45, 7) is 5.12. The van der Waals surface area contributed by atoms with E-state index in [-0.39, 0.29) is 22.6 Å². The fourth-order valence-corrected chi connectivity index (χ4v) is 5.01. The van der Waals surface area contributed by atoms with Gasteiger partial charge in [0.05, 0.1) is 16.8 Å². The van der Waals surface area contributed by atoms with Crippen LogP contribution in [0, 0.1) is 13.8 Å². The number of nitrogens with zero attached hydrogens (tertiary/aromatic N) is 2. The lowest BCUT2D eigenvalue weighted by Crippen LogP contribution is -2.49. The highest BCUT2D eigenvalue weighted by Gasteiger charge is 2.38. The number of hydrogen-bond acceptors (Lipinski definition) is 4. The van der Waals surface area contributed by atoms with E-state index >= 15 is 0 Å². The number of carbonyl (C=O) groups excluding carboxylic acids is 4. The summed E-state index contributed by atoms with van der Waals surface area (Å²) in [6.07, 6.45) is 2.27. The first-order valence-corrected chi connectivity index (χ1v) is 12.6. The molecule has 1 atom stereocenters. The average molecular weight is 496 g/mol. The summed E-state index contributed by atoms with van der Waals surface area (Å²) in [4.78, 5) is 56.0. The summed E-state index contributed by atoms with van der Waals surface area (Å²) in [5.74, 6) is -1.44. The number of nitrogens with one attached hydrogen (secondary N) is 1. The highest BCUT2D eigenvalue weighted by molar-refractivity contribution is 6.35. The maximum Gasteiger partial charge on any atom is 0.266 e. The van der Waals surface area contributed by atoms with Crippen molar-refractivity contribution in [1.82, 2.24) is 10.2 Å². The van der Waals surface area contributed by atoms with Crippen LogP contribution >= 0.6 is 0 Å². The molecule has 2 aliphatic heterocycles. The fraction of sp³-hybridized carbons (Fsp3) is 0.267. The summed E-state index contributed by atoms with van der Waals surface area (Å²) >= 11 is 0. The Morgan fingerprint density at radius 3 is 2.30 bits per heavy atom. The predicted octanol–water partition coefficient (Wildman–Crippen LogP) is 4.07. The first-order chi connectivity index (χ1) is 17.8. The molecule has 1 saturated heterocycles. The van der Waals surface area contributed by atoms with Crippen LogP contribution in [0.15, 0.2) is 66.7 Å². The molecule has 3 aromatic carbocycles. The van der Waals surface area contributed by atoms with Crippen LogP contribution in [0.1, 0.15) is 60.6 Å². The third-order valence-electron chi connectivity index (χ3n) is 7.06. The molecule has 1 unspecified atom stereocenters. The van der Waals surface area contributed by atoms with Gasteiger partial charge in [0.25, 0.3) is 17.7 Å². The number of hydrogen-bond donors (Lipinski definition) is 1. The van der Waals surface area contributed by atoms with Crippen LogP contribution in [0.3, 0.4) is 0 Å². The zero-order chi connectivity index (χ0) is 26.1. The first kappa shape index (κ1) is 24.4. The van der Waals surface area contributed by atoms with E-state index in [4.69, 9.17) is 0 Å². The van der Waals surface area contributed by atoms with Crippen LogP contribution in [-0.2, 0) is 11.2 Å². The summed E-state index contributed by atoms with van der Waals surface area (Å²) in [5, 5.41) is 2.90. The topological polar surface area (TPSA) is 86.8 Å². The van der Waals surface area contributed by atoms with Crippen molar-refractivity contribution in [3.63, 3.8) is 0 Å². The lowest BCUT2D eigenvalue weighted by Gasteiger charge is -2.24. The molecule has 5 rings (SSSR count). The van der Waals surface area contributed by atoms with E-state index in [9.17, 15) is 19.2 Å². The van der Waals surface area contributed by atoms with Crippen molar-refractivity contribution in [1.29, 1.82) is 0 Å². The third-order valence-corrected chi connectivity index (χ3v) is 7.06. The Hall–Kier alpha value is -4.26. The largest absolute Gasteiger partial charge is 0.341 e. The molecule has 0 saturated carbocycles. The van der Waals surface area contributed by atoms with Gasteiger partial charge in [0, 0.05) is 25.1 Å². The van der Waals surface area contributed by atoms with Gasteiger partial charge in [-0.1, -0.05) is 42.5 Å². The van der Waals surface area contributed by atoms with E-state index in [1.165, 1.54) is 23.1 Å². The minimum absolute atomic E-state index is 0.108. The minimum Gasteiger partial charge on any atom is -0.341 e. The predicted molar refractivity (Wildman–Crippen MR) is 141 cm³/mol. The van der Waals surface area contributed by atoms with Gasteiger partial charge in [0.2, 0.25) is 5.91 Å². The maximum atomic E-state index is 13.3. The molecule has 0 spiro atoms. The fourth-order valence-electron chi connectivity index (χ4n) is 5.01. The number of likely N-dealkylation sites (tertiary alicyclic amines) is 1. The third kappa shape index (κ3) is 4.77. The maximum absolute atomic E-state index is 13.3. The Morgan fingerprint density at radius 1 is 0.865 bits per heavy atom. The monoisotopic (exact) mass is 495 g/mol. The van der Waals surface area contributed by atoms with E-state index in [1.54, 1.807) is 4.90 Å². The number of benzene rings is 3. The molecule has 3 aromatic rings. The van der Waals surface area contributed by atoms with Crippen molar-refractivity contribution < 1.29 is 19.2 Å². The second kappa shape index (κ2) is 10.0. The van der Waals surface area contributed by atoms with Crippen LogP contribution in [0.4, 0.5) is 5.69 Å². The van der Waals surface area contributed by atoms with E-state index < -0.39 is 23.8 Å². The van der Waals surface area contributed by atoms with Gasteiger partial charge >= 0.3 is 0 Å². The number of imide groups is 1. The van der Waals surface area contributed by atoms with Gasteiger partial charge in [-0.2, -0.15) is 0 Å². The summed E-state index contributed by atoms with van der Waals surface area (Å²) in [5.41, 5.74) is 3.90. The van der Waals surface area contributed by atoms with Gasteiger partial charge in [-0.15, -0.1) is 0 Å². The van der Waals surface area contributed by atoms with Crippen molar-refractivity contribution in [3.05, 3.63) is 100 Å². The van der Waals surface area contributed by atoms with Gasteiger partial charge in [0.15, 0.2) is 0 Å². The highest BCUT2D eigenvalue weighted by atomic mass is 16.2. The lowest BCUT2D eigenvalue weighted by atomic mass is 10.0. The normalized spacial score (nSPS) is 15.6. The Morgan fingerprint density at radius 2 is 1.57 bits per heavy atom. The number of amides is 4. The van der Waals surface area contributed by atoms with E-state index in [0.29, 0.717) is 25.2 Å². The molecule has 4 amide bonds. The molecule has 2 aliphatic rings. The molecule has 0 bridgehead atoms. The summed E-state index contributed by atoms with van der Waals surface area (Å²) in [7, 11) is 0. The second-order valence-corrected chi connectivity index (χ2v) is 9.74. The SMILES string of the molecule is Cc1ccc(C)c(N2C(=O)c3ccc(C(=O)NC(Cc4ccccc4)C(=O)N4CCCC4)cc3C2=O)c1. The summed E-state index contributed by atoms with van der Waals surface area (Å²) < 4.78 is 0. The molecular weight excluding hydrogens is 466 g/mol. The Bertz CT molecular complexity index is 1390. The van der Waals surface area contributed by atoms with Crippen molar-refractivity contribution in [2.24, 2.45) is 0 Å². The molecule has 37 heavy (non-hydrogen) atoms. The van der Waals surface area contributed by atoms with E-state index in [2.05, 4.69) is 5.32 Å². The van der Waals surface area contributed by atoms with Crippen LogP contribution < -0.4 is 10.2 Å². The molecule has 0 radical (unpaired) electrons. The van der Waals surface area contributed by atoms with Crippen molar-refractivity contribution in [2.45, 2.75) is 39.2 Å². The molecule has 7 heteroatoms. The molecule has 0 aromatic heterocycles. The number of carbonyl (C=O) groups is 4. The molecule has 0 aliphatic carbocycles. The quantitative estimate of drug-likeness (QED) is 0.523. The molecule has 188 valence electrons. The Labute approximate surface area is 216 Å². The van der Waals surface area contributed by atoms with Crippen molar-refractivity contribution in [3.8, 4) is 0 Å². The molecule has 7 nitrogen and oxygen atoms in total. The smallest absolute Gasteiger partial charge is 0.266 e. The van der Waals surface area contributed by atoms with Crippen molar-refractivity contribution in [2.75, 3.05) is 18.0 Å². The van der Waals surface area contributed by atoms with Gasteiger partial charge in [-0.3, -0.25) is 19.2 Å². The molecule has 1 N–H and O–H groups in total. The van der Waals surface area contributed by atoms with Crippen molar-refractivity contribution >= 4 is 29.3 Å². The zero-order valence-electron chi connectivity index (χ0n) is 21.0. The Balaban J connectivity index is 1.40. The van der Waals surface area contributed by atoms with Crippen LogP contribution in [-0.4, -0.2) is 47.7 Å². The average Bonchev–Trinajstić information content (AvgIpc) is 3.52. The van der Waals surface area contributed by atoms with Crippen LogP contribution in [0.25, 0.3) is 0 Å². The highest BCUT2D eigenvalue weighted by Crippen LogP contribution is 2.32. The second-order valence-electron chi connectivity index (χ2n) is 9.74. The van der Waals surface area contributed by atoms with Gasteiger partial charge in [-0.25, -0.2) is 4.90 Å².